The number of pyridine rings is 2. The molecule has 2 saturated heterocycles. The summed E-state index contributed by atoms with van der Waals surface area (Å²) in [6.07, 6.45) is 6.58. The summed E-state index contributed by atoms with van der Waals surface area (Å²) in [7, 11) is 0. The molecule has 4 amide bonds. The monoisotopic (exact) mass is 1040 g/mol. The van der Waals surface area contributed by atoms with Gasteiger partial charge in [0, 0.05) is 63.3 Å². The lowest BCUT2D eigenvalue weighted by Gasteiger charge is -2.36. The number of hydrogen-bond donors (Lipinski definition) is 4. The van der Waals surface area contributed by atoms with E-state index in [1.807, 2.05) is 98.8 Å². The van der Waals surface area contributed by atoms with E-state index in [0.717, 1.165) is 58.6 Å². The third-order valence-corrected chi connectivity index (χ3v) is 15.7. The molecule has 2 aliphatic heterocycles. The number of aryl methyl sites for hydroxylation is 2. The molecule has 1 saturated carbocycles. The topological polar surface area (TPSA) is 225 Å². The molecule has 2 aromatic carbocycles. The van der Waals surface area contributed by atoms with Gasteiger partial charge in [0.1, 0.15) is 23.5 Å². The Hall–Kier alpha value is -7.38. The molecule has 0 spiro atoms. The third kappa shape index (κ3) is 11.8. The number of thiazole rings is 1. The van der Waals surface area contributed by atoms with Gasteiger partial charge in [-0.2, -0.15) is 4.98 Å². The maximum atomic E-state index is 14.2. The molecule has 1 aliphatic carbocycles. The largest absolute Gasteiger partial charge is 0.391 e. The highest BCUT2D eigenvalue weighted by atomic mass is 32.1. The maximum absolute atomic E-state index is 14.2. The second-order valence-corrected chi connectivity index (χ2v) is 22.0. The number of piperazine rings is 1. The number of amides is 4. The van der Waals surface area contributed by atoms with Crippen LogP contribution in [-0.2, 0) is 38.6 Å². The highest BCUT2D eigenvalue weighted by molar-refractivity contribution is 7.13. The van der Waals surface area contributed by atoms with Gasteiger partial charge in [-0.05, 0) is 79.0 Å². The van der Waals surface area contributed by atoms with Gasteiger partial charge in [-0.15, -0.1) is 11.3 Å². The highest BCUT2D eigenvalue weighted by Crippen LogP contribution is 2.33. The summed E-state index contributed by atoms with van der Waals surface area (Å²) in [5.41, 5.74) is 7.41. The number of benzene rings is 2. The van der Waals surface area contributed by atoms with Crippen molar-refractivity contribution in [3.63, 3.8) is 0 Å². The fourth-order valence-corrected chi connectivity index (χ4v) is 11.3. The number of ketones is 1. The molecule has 6 aromatic rings. The van der Waals surface area contributed by atoms with Gasteiger partial charge >= 0.3 is 0 Å². The van der Waals surface area contributed by atoms with Gasteiger partial charge in [0.05, 0.1) is 52.5 Å². The van der Waals surface area contributed by atoms with Crippen LogP contribution >= 0.6 is 11.3 Å². The average molecular weight is 1040 g/mol. The number of anilines is 3. The van der Waals surface area contributed by atoms with E-state index in [1.54, 1.807) is 35.2 Å². The first-order valence-electron chi connectivity index (χ1n) is 25.7. The number of nitrogens with one attached hydrogen (secondary N) is 3. The van der Waals surface area contributed by atoms with E-state index in [0.29, 0.717) is 60.1 Å². The van der Waals surface area contributed by atoms with Crippen LogP contribution in [0.5, 0.6) is 0 Å². The normalized spacial score (nSPS) is 17.6. The Balaban J connectivity index is 0.744. The van der Waals surface area contributed by atoms with E-state index in [2.05, 4.69) is 35.8 Å². The third-order valence-electron chi connectivity index (χ3n) is 14.7. The first-order valence-corrected chi connectivity index (χ1v) is 26.6. The van der Waals surface area contributed by atoms with Crippen molar-refractivity contribution in [3.8, 4) is 10.4 Å². The fraction of sp³-hybridized carbons (Fsp3) is 0.429. The van der Waals surface area contributed by atoms with Gasteiger partial charge in [-0.3, -0.25) is 33.3 Å². The number of Topliss-reactive ketones (excluding diaryl/α,β-unsaturated/α-hetero) is 1. The molecular weight excluding hydrogens is 971 g/mol. The van der Waals surface area contributed by atoms with Crippen molar-refractivity contribution < 1.29 is 29.1 Å². The molecule has 18 nitrogen and oxygen atoms in total. The van der Waals surface area contributed by atoms with Crippen molar-refractivity contribution >= 4 is 69.2 Å². The average Bonchev–Trinajstić information content (AvgIpc) is 4.18. The van der Waals surface area contributed by atoms with Gasteiger partial charge in [-0.1, -0.05) is 82.1 Å². The Kier molecular flexibility index (Phi) is 15.5. The van der Waals surface area contributed by atoms with Crippen LogP contribution in [0.1, 0.15) is 104 Å². The molecular formula is C56H65N11O7S. The predicted molar refractivity (Wildman–Crippen MR) is 288 cm³/mol. The quantitative estimate of drug-likeness (QED) is 0.0839. The second kappa shape index (κ2) is 22.2. The summed E-state index contributed by atoms with van der Waals surface area (Å²) in [5.74, 6) is -0.609. The van der Waals surface area contributed by atoms with Crippen LogP contribution < -0.4 is 26.4 Å². The van der Waals surface area contributed by atoms with Crippen LogP contribution in [0.15, 0.2) is 83.4 Å². The van der Waals surface area contributed by atoms with Crippen molar-refractivity contribution in [1.29, 1.82) is 0 Å². The zero-order valence-corrected chi connectivity index (χ0v) is 44.2. The van der Waals surface area contributed by atoms with Crippen molar-refractivity contribution in [2.75, 3.05) is 42.9 Å². The van der Waals surface area contributed by atoms with Crippen molar-refractivity contribution in [2.45, 2.75) is 117 Å². The number of carbonyl (C=O) groups is 5. The first-order chi connectivity index (χ1) is 35.9. The van der Waals surface area contributed by atoms with Crippen LogP contribution in [0.2, 0.25) is 0 Å². The molecule has 3 fully saturated rings. The summed E-state index contributed by atoms with van der Waals surface area (Å²) in [5, 5.41) is 20.4. The van der Waals surface area contributed by atoms with E-state index in [9.17, 15) is 33.9 Å². The molecule has 4 aromatic heterocycles. The summed E-state index contributed by atoms with van der Waals surface area (Å²) >= 11 is 1.57. The number of aromatic nitrogens is 5. The Morgan fingerprint density at radius 3 is 2.15 bits per heavy atom. The van der Waals surface area contributed by atoms with E-state index in [4.69, 9.17) is 4.98 Å². The molecule has 3 atom stereocenters. The van der Waals surface area contributed by atoms with Crippen molar-refractivity contribution in [1.82, 2.24) is 44.9 Å². The van der Waals surface area contributed by atoms with Gasteiger partial charge < -0.3 is 35.8 Å². The summed E-state index contributed by atoms with van der Waals surface area (Å²) in [4.78, 5) is 106. The number of β-amino-alcohol motifs (C(OH)–C–C–N with tert-alkyl or cyclic N) is 1. The number of carbonyl (C=O) groups excluding carboxylic acids is 5. The number of fused-ring (bicyclic) bond motifs is 1. The molecule has 6 heterocycles. The summed E-state index contributed by atoms with van der Waals surface area (Å²) < 4.78 is 1.69. The van der Waals surface area contributed by atoms with Crippen LogP contribution in [0.25, 0.3) is 21.5 Å². The van der Waals surface area contributed by atoms with E-state index in [-0.39, 0.29) is 73.0 Å². The summed E-state index contributed by atoms with van der Waals surface area (Å²) in [6.45, 7) is 13.3. The molecule has 392 valence electrons. The maximum Gasteiger partial charge on any atom is 0.263 e. The fourth-order valence-electron chi connectivity index (χ4n) is 10.5. The second-order valence-electron chi connectivity index (χ2n) is 21.1. The smallest absolute Gasteiger partial charge is 0.263 e. The zero-order chi connectivity index (χ0) is 53.1. The SMILES string of the molecule is CC(=O)c1c(C)c2cnc(Nc3ccc(N4CCN(C(=O)Cc5ccc(CC(=O)N[C@H](C(=O)N6C[C@H](O)C[C@H]6C(=O)NCc6ccc(-c7scnc7C)cc6)C(C)(C)C)cc5)CC4)cn3)nc2n(C2CCCC2)c1=O. The van der Waals surface area contributed by atoms with Gasteiger partial charge in [0.2, 0.25) is 29.6 Å². The minimum atomic E-state index is -0.964. The number of rotatable bonds is 15. The molecule has 3 aliphatic rings. The molecule has 75 heavy (non-hydrogen) atoms. The number of aliphatic hydroxyl groups is 1. The Morgan fingerprint density at radius 2 is 1.52 bits per heavy atom. The van der Waals surface area contributed by atoms with Gasteiger partial charge in [0.25, 0.3) is 5.56 Å². The van der Waals surface area contributed by atoms with Crippen LogP contribution in [-0.4, -0.2) is 120 Å². The number of aliphatic hydroxyl groups excluding tert-OH is 1. The van der Waals surface area contributed by atoms with Crippen molar-refractivity contribution in [2.24, 2.45) is 5.41 Å². The lowest BCUT2D eigenvalue weighted by molar-refractivity contribution is -0.144. The predicted octanol–water partition coefficient (Wildman–Crippen LogP) is 6.23. The van der Waals surface area contributed by atoms with E-state index >= 15 is 0 Å². The Morgan fingerprint density at radius 1 is 0.840 bits per heavy atom. The van der Waals surface area contributed by atoms with E-state index < -0.39 is 29.5 Å². The molecule has 19 heteroatoms. The number of likely N-dealkylation sites (tertiary alicyclic amines) is 1. The molecule has 4 N–H and O–H groups in total. The number of nitrogens with zero attached hydrogens (tertiary/aromatic N) is 8. The molecule has 0 radical (unpaired) electrons. The molecule has 9 rings (SSSR count). The Labute approximate surface area is 440 Å². The molecule has 0 bridgehead atoms. The standard InChI is InChI=1S/C56H65N11O7S/c1-33-43-30-59-55(63-51(43)67(40-9-7-8-10-40)53(73)48(33)35(3)68)61-45-20-19-41(29-57-45)64-21-23-65(24-22-64)47(71)26-37-13-11-36(12-14-37)25-46(70)62-50(56(4,5)6)54(74)66-31-42(69)27-44(66)52(72)58-28-38-15-17-39(18-16-38)49-34(2)60-32-75-49/h11-20,29-30,32,40,42,44,50,69H,7-10,21-28,31H2,1-6H3,(H,58,72)(H,62,70)(H,57,59,61,63)/t42-,44+,50-/m1/s1. The lowest BCUT2D eigenvalue weighted by Crippen LogP contribution is -2.58. The highest BCUT2D eigenvalue weighted by Gasteiger charge is 2.44. The zero-order valence-electron chi connectivity index (χ0n) is 43.4. The number of hydrogen-bond acceptors (Lipinski definition) is 14. The first kappa shape index (κ1) is 52.5. The van der Waals surface area contributed by atoms with Crippen LogP contribution in [0.4, 0.5) is 17.5 Å². The minimum Gasteiger partial charge on any atom is -0.391 e. The molecule has 0 unspecified atom stereocenters. The van der Waals surface area contributed by atoms with Crippen LogP contribution in [0.3, 0.4) is 0 Å². The van der Waals surface area contributed by atoms with Gasteiger partial charge in [0.15, 0.2) is 5.78 Å². The van der Waals surface area contributed by atoms with Crippen molar-refractivity contribution in [3.05, 3.63) is 122 Å². The lowest BCUT2D eigenvalue weighted by atomic mass is 9.85. The van der Waals surface area contributed by atoms with Crippen LogP contribution in [0, 0.1) is 19.3 Å². The summed E-state index contributed by atoms with van der Waals surface area (Å²) in [6, 6.07) is 17.1. The minimum absolute atomic E-state index is 0.000339. The van der Waals surface area contributed by atoms with E-state index in [1.165, 1.54) is 11.8 Å². The Bertz CT molecular complexity index is 3160. The van der Waals surface area contributed by atoms with Gasteiger partial charge in [-0.25, -0.2) is 15.0 Å².